The van der Waals surface area contributed by atoms with Gasteiger partial charge in [-0.1, -0.05) is 17.7 Å². The lowest BCUT2D eigenvalue weighted by Gasteiger charge is -2.09. The van der Waals surface area contributed by atoms with E-state index in [1.54, 1.807) is 18.2 Å². The van der Waals surface area contributed by atoms with Crippen LogP contribution in [0.1, 0.15) is 16.8 Å². The minimum atomic E-state index is -0.291. The molecule has 0 saturated heterocycles. The van der Waals surface area contributed by atoms with Crippen molar-refractivity contribution in [1.82, 2.24) is 5.32 Å². The van der Waals surface area contributed by atoms with Crippen molar-refractivity contribution in [2.24, 2.45) is 0 Å². The maximum atomic E-state index is 11.8. The SMILES string of the molecule is Nc1cccc(Cl)c1C(=O)NCCCOCCO. The summed E-state index contributed by atoms with van der Waals surface area (Å²) in [4.78, 5) is 11.8. The molecular weight excluding hydrogens is 256 g/mol. The van der Waals surface area contributed by atoms with Gasteiger partial charge in [0.05, 0.1) is 23.8 Å². The Morgan fingerprint density at radius 1 is 1.44 bits per heavy atom. The van der Waals surface area contributed by atoms with Crippen LogP contribution in [-0.4, -0.2) is 37.4 Å². The van der Waals surface area contributed by atoms with E-state index in [1.165, 1.54) is 0 Å². The normalized spacial score (nSPS) is 10.3. The first-order chi connectivity index (χ1) is 8.66. The fourth-order valence-electron chi connectivity index (χ4n) is 1.41. The van der Waals surface area contributed by atoms with Crippen LogP contribution in [0.25, 0.3) is 0 Å². The largest absolute Gasteiger partial charge is 0.398 e. The van der Waals surface area contributed by atoms with Gasteiger partial charge in [0.25, 0.3) is 5.91 Å². The molecule has 1 aromatic carbocycles. The molecule has 0 saturated carbocycles. The van der Waals surface area contributed by atoms with E-state index in [0.717, 1.165) is 0 Å². The standard InChI is InChI=1S/C12H17ClN2O3/c13-9-3-1-4-10(14)11(9)12(17)15-5-2-7-18-8-6-16/h1,3-4,16H,2,5-8,14H2,(H,15,17). The van der Waals surface area contributed by atoms with Gasteiger partial charge in [-0.2, -0.15) is 0 Å². The van der Waals surface area contributed by atoms with Crippen molar-refractivity contribution >= 4 is 23.2 Å². The van der Waals surface area contributed by atoms with Crippen molar-refractivity contribution in [3.05, 3.63) is 28.8 Å². The number of aliphatic hydroxyl groups is 1. The molecule has 1 rings (SSSR count). The molecule has 0 aliphatic carbocycles. The zero-order chi connectivity index (χ0) is 13.4. The molecule has 1 aromatic rings. The van der Waals surface area contributed by atoms with Gasteiger partial charge < -0.3 is 20.9 Å². The minimum absolute atomic E-state index is 0.00250. The molecule has 100 valence electrons. The van der Waals surface area contributed by atoms with Crippen LogP contribution in [0.3, 0.4) is 0 Å². The number of hydrogen-bond acceptors (Lipinski definition) is 4. The van der Waals surface area contributed by atoms with Gasteiger partial charge >= 0.3 is 0 Å². The number of nitrogens with two attached hydrogens (primary N) is 1. The summed E-state index contributed by atoms with van der Waals surface area (Å²) >= 11 is 5.91. The zero-order valence-electron chi connectivity index (χ0n) is 9.99. The molecule has 0 unspecified atom stereocenters. The van der Waals surface area contributed by atoms with Gasteiger partial charge in [0.1, 0.15) is 0 Å². The van der Waals surface area contributed by atoms with Gasteiger partial charge in [0, 0.05) is 18.8 Å². The monoisotopic (exact) mass is 272 g/mol. The first-order valence-electron chi connectivity index (χ1n) is 5.67. The maximum absolute atomic E-state index is 11.8. The number of carbonyl (C=O) groups is 1. The third-order valence-corrected chi connectivity index (χ3v) is 2.57. The molecule has 0 spiro atoms. The van der Waals surface area contributed by atoms with E-state index in [2.05, 4.69) is 5.32 Å². The van der Waals surface area contributed by atoms with Crippen molar-refractivity contribution in [2.45, 2.75) is 6.42 Å². The highest BCUT2D eigenvalue weighted by Crippen LogP contribution is 2.21. The number of halogens is 1. The summed E-state index contributed by atoms with van der Waals surface area (Å²) in [5, 5.41) is 11.5. The van der Waals surface area contributed by atoms with E-state index in [-0.39, 0.29) is 12.5 Å². The molecule has 0 fully saturated rings. The minimum Gasteiger partial charge on any atom is -0.398 e. The summed E-state index contributed by atoms with van der Waals surface area (Å²) in [5.41, 5.74) is 6.35. The summed E-state index contributed by atoms with van der Waals surface area (Å²) in [6, 6.07) is 4.94. The van der Waals surface area contributed by atoms with Crippen LogP contribution in [0.2, 0.25) is 5.02 Å². The number of nitrogen functional groups attached to an aromatic ring is 1. The molecule has 5 nitrogen and oxygen atoms in total. The van der Waals surface area contributed by atoms with Gasteiger partial charge in [0.15, 0.2) is 0 Å². The molecule has 18 heavy (non-hydrogen) atoms. The van der Waals surface area contributed by atoms with Crippen molar-refractivity contribution in [3.8, 4) is 0 Å². The van der Waals surface area contributed by atoms with Gasteiger partial charge in [-0.3, -0.25) is 4.79 Å². The molecular formula is C12H17ClN2O3. The molecule has 0 aromatic heterocycles. The van der Waals surface area contributed by atoms with Gasteiger partial charge in [-0.25, -0.2) is 0 Å². The Bertz CT molecular complexity index is 379. The van der Waals surface area contributed by atoms with Crippen LogP contribution < -0.4 is 11.1 Å². The molecule has 0 bridgehead atoms. The van der Waals surface area contributed by atoms with Crippen molar-refractivity contribution in [2.75, 3.05) is 32.1 Å². The second kappa shape index (κ2) is 7.92. The predicted octanol–water partition coefficient (Wildman–Crippen LogP) is 1.05. The van der Waals surface area contributed by atoms with Gasteiger partial charge in [-0.05, 0) is 18.6 Å². The second-order valence-electron chi connectivity index (χ2n) is 3.65. The van der Waals surface area contributed by atoms with Crippen LogP contribution in [0.5, 0.6) is 0 Å². The van der Waals surface area contributed by atoms with Crippen LogP contribution >= 0.6 is 11.6 Å². The third-order valence-electron chi connectivity index (χ3n) is 2.26. The fraction of sp³-hybridized carbons (Fsp3) is 0.417. The number of carbonyl (C=O) groups excluding carboxylic acids is 1. The van der Waals surface area contributed by atoms with E-state index in [4.69, 9.17) is 27.2 Å². The lowest BCUT2D eigenvalue weighted by molar-refractivity contribution is 0.0868. The van der Waals surface area contributed by atoms with Gasteiger partial charge in [-0.15, -0.1) is 0 Å². The number of anilines is 1. The van der Waals surface area contributed by atoms with E-state index in [1.807, 2.05) is 0 Å². The average molecular weight is 273 g/mol. The molecule has 6 heteroatoms. The van der Waals surface area contributed by atoms with E-state index in [9.17, 15) is 4.79 Å². The molecule has 0 atom stereocenters. The molecule has 0 aliphatic rings. The zero-order valence-corrected chi connectivity index (χ0v) is 10.7. The van der Waals surface area contributed by atoms with Crippen LogP contribution in [0.4, 0.5) is 5.69 Å². The Labute approximate surface area is 111 Å². The highest BCUT2D eigenvalue weighted by molar-refractivity contribution is 6.34. The maximum Gasteiger partial charge on any atom is 0.254 e. The topological polar surface area (TPSA) is 84.6 Å². The van der Waals surface area contributed by atoms with Crippen molar-refractivity contribution in [1.29, 1.82) is 0 Å². The Morgan fingerprint density at radius 3 is 2.89 bits per heavy atom. The predicted molar refractivity (Wildman–Crippen MR) is 70.7 cm³/mol. The van der Waals surface area contributed by atoms with Crippen LogP contribution in [0, 0.1) is 0 Å². The summed E-state index contributed by atoms with van der Waals surface area (Å²) in [6.07, 6.45) is 0.663. The summed E-state index contributed by atoms with van der Waals surface area (Å²) in [7, 11) is 0. The number of nitrogens with one attached hydrogen (secondary N) is 1. The lowest BCUT2D eigenvalue weighted by Crippen LogP contribution is -2.26. The quantitative estimate of drug-likeness (QED) is 0.512. The van der Waals surface area contributed by atoms with Crippen LogP contribution in [0.15, 0.2) is 18.2 Å². The number of aliphatic hydroxyl groups excluding tert-OH is 1. The molecule has 0 radical (unpaired) electrons. The number of amides is 1. The molecule has 0 aliphatic heterocycles. The van der Waals surface area contributed by atoms with Crippen LogP contribution in [-0.2, 0) is 4.74 Å². The number of hydrogen-bond donors (Lipinski definition) is 3. The average Bonchev–Trinajstić information content (AvgIpc) is 2.33. The number of ether oxygens (including phenoxy) is 1. The Balaban J connectivity index is 2.37. The highest BCUT2D eigenvalue weighted by atomic mass is 35.5. The van der Waals surface area contributed by atoms with Crippen molar-refractivity contribution in [3.63, 3.8) is 0 Å². The Morgan fingerprint density at radius 2 is 2.22 bits per heavy atom. The van der Waals surface area contributed by atoms with E-state index in [0.29, 0.717) is 42.5 Å². The lowest BCUT2D eigenvalue weighted by atomic mass is 10.1. The number of rotatable bonds is 7. The summed E-state index contributed by atoms with van der Waals surface area (Å²) < 4.78 is 5.07. The Kier molecular flexibility index (Phi) is 6.49. The van der Waals surface area contributed by atoms with E-state index < -0.39 is 0 Å². The molecule has 4 N–H and O–H groups in total. The third kappa shape index (κ3) is 4.52. The summed E-state index contributed by atoms with van der Waals surface area (Å²) in [6.45, 7) is 1.27. The molecule has 0 heterocycles. The smallest absolute Gasteiger partial charge is 0.254 e. The first kappa shape index (κ1) is 14.8. The van der Waals surface area contributed by atoms with E-state index >= 15 is 0 Å². The molecule has 1 amide bonds. The Hall–Kier alpha value is -1.30. The second-order valence-corrected chi connectivity index (χ2v) is 4.06. The first-order valence-corrected chi connectivity index (χ1v) is 6.05. The summed E-state index contributed by atoms with van der Waals surface area (Å²) in [5.74, 6) is -0.291. The number of benzene rings is 1. The fourth-order valence-corrected chi connectivity index (χ4v) is 1.68. The van der Waals surface area contributed by atoms with Crippen molar-refractivity contribution < 1.29 is 14.6 Å². The highest BCUT2D eigenvalue weighted by Gasteiger charge is 2.12. The van der Waals surface area contributed by atoms with Gasteiger partial charge in [0.2, 0.25) is 0 Å².